The Kier molecular flexibility index (Phi) is 12.9. The molecule has 286 valence electrons. The van der Waals surface area contributed by atoms with Gasteiger partial charge in [-0.3, -0.25) is 14.7 Å². The van der Waals surface area contributed by atoms with Crippen molar-refractivity contribution in [2.75, 3.05) is 44.5 Å². The van der Waals surface area contributed by atoms with E-state index in [9.17, 15) is 23.9 Å². The Morgan fingerprint density at radius 1 is 0.981 bits per heavy atom. The van der Waals surface area contributed by atoms with Crippen molar-refractivity contribution in [3.05, 3.63) is 102 Å². The molecule has 1 aromatic heterocycles. The molecule has 2 aliphatic rings. The van der Waals surface area contributed by atoms with Gasteiger partial charge in [0.05, 0.1) is 24.9 Å². The maximum absolute atomic E-state index is 15.3. The summed E-state index contributed by atoms with van der Waals surface area (Å²) < 4.78 is 46.2. The van der Waals surface area contributed by atoms with Crippen molar-refractivity contribution < 1.29 is 42.5 Å². The molecule has 4 aromatic rings. The lowest BCUT2D eigenvalue weighted by atomic mass is 9.85. The van der Waals surface area contributed by atoms with Crippen LogP contribution in [0.1, 0.15) is 30.9 Å². The van der Waals surface area contributed by atoms with E-state index in [1.54, 1.807) is 31.2 Å². The lowest BCUT2D eigenvalue weighted by molar-refractivity contribution is -0.145. The van der Waals surface area contributed by atoms with Crippen molar-refractivity contribution in [1.29, 1.82) is 0 Å². The van der Waals surface area contributed by atoms with E-state index in [0.717, 1.165) is 17.7 Å². The van der Waals surface area contributed by atoms with Gasteiger partial charge in [-0.2, -0.15) is 5.10 Å². The molecule has 0 radical (unpaired) electrons. The normalized spacial score (nSPS) is 15.5. The largest absolute Gasteiger partial charge is 0.510 e. The number of hydrogen-bond donors (Lipinski definition) is 1. The maximum Gasteiger partial charge on any atom is 0.510 e. The first-order chi connectivity index (χ1) is 25.6. The fourth-order valence-electron chi connectivity index (χ4n) is 5.99. The molecule has 0 unspecified atom stereocenters. The second-order valence-corrected chi connectivity index (χ2v) is 12.4. The number of amides is 2. The number of tetrazole rings is 1. The molecule has 1 N–H and O–H groups in total. The third-order valence-corrected chi connectivity index (χ3v) is 8.85. The number of aliphatic hydroxyl groups is 1. The van der Waals surface area contributed by atoms with Gasteiger partial charge < -0.3 is 29.1 Å². The number of β-amino-alcohol motifs (C(OH)–C–C–N with tert-alkyl or cyclic N) is 1. The molecule has 1 fully saturated rings. The van der Waals surface area contributed by atoms with Crippen LogP contribution in [0.4, 0.5) is 24.1 Å². The summed E-state index contributed by atoms with van der Waals surface area (Å²) in [7, 11) is 0. The molecule has 2 aliphatic heterocycles. The first-order valence-electron chi connectivity index (χ1n) is 16.7. The highest BCUT2D eigenvalue weighted by Crippen LogP contribution is 2.35. The predicted octanol–water partition coefficient (Wildman–Crippen LogP) is 4.03. The predicted molar refractivity (Wildman–Crippen MR) is 190 cm³/mol. The standard InChI is InChI=1S/C35H37F2N9O7.ClH/c1-25(44-15-16-45(33(44)48)28-10-12-29(13-11-28)46-21-38-40-41-46)35(50,30-14-9-27(36)18-31(30)37)20-43-23-42(22-39-43)24-53-34(49)51-17-5-8-32(47)52-19-26-6-3-2-4-7-26;/h2-4,6-7,9-14,18,21-22,25,50H,5,8,15-17,19-20,23-24H2,1H3;1H/t25-,35-;/m1./s1. The van der Waals surface area contributed by atoms with Gasteiger partial charge in [-0.25, -0.2) is 23.1 Å². The molecule has 0 saturated carbocycles. The van der Waals surface area contributed by atoms with Gasteiger partial charge >= 0.3 is 18.2 Å². The Labute approximate surface area is 314 Å². The summed E-state index contributed by atoms with van der Waals surface area (Å²) >= 11 is 0. The molecule has 0 aliphatic carbocycles. The van der Waals surface area contributed by atoms with E-state index in [1.807, 2.05) is 30.3 Å². The Balaban J connectivity index is 0.00000561. The molecule has 2 atom stereocenters. The zero-order chi connectivity index (χ0) is 37.4. The number of nitrogens with zero attached hydrogens (tertiary/aromatic N) is 9. The number of benzene rings is 3. The number of esters is 1. The lowest BCUT2D eigenvalue weighted by Gasteiger charge is -2.41. The average molecular weight is 770 g/mol. The lowest BCUT2D eigenvalue weighted by Crippen LogP contribution is -2.55. The van der Waals surface area contributed by atoms with Crippen LogP contribution >= 0.6 is 12.4 Å². The van der Waals surface area contributed by atoms with Gasteiger partial charge in [0, 0.05) is 36.8 Å². The van der Waals surface area contributed by atoms with Crippen molar-refractivity contribution in [3.63, 3.8) is 0 Å². The second-order valence-electron chi connectivity index (χ2n) is 12.4. The van der Waals surface area contributed by atoms with Gasteiger partial charge in [0.2, 0.25) is 0 Å². The Morgan fingerprint density at radius 3 is 2.46 bits per heavy atom. The smallest absolute Gasteiger partial charge is 0.461 e. The Hall–Kier alpha value is -5.88. The minimum absolute atomic E-state index is 0. The van der Waals surface area contributed by atoms with Crippen LogP contribution in [0, 0.1) is 11.6 Å². The number of anilines is 1. The first kappa shape index (κ1) is 39.3. The van der Waals surface area contributed by atoms with Gasteiger partial charge in [0.1, 0.15) is 43.2 Å². The third-order valence-electron chi connectivity index (χ3n) is 8.85. The molecule has 2 amide bonds. The van der Waals surface area contributed by atoms with Crippen LogP contribution in [0.3, 0.4) is 0 Å². The summed E-state index contributed by atoms with van der Waals surface area (Å²) in [5.41, 5.74) is -0.142. The molecule has 54 heavy (non-hydrogen) atoms. The number of aromatic nitrogens is 4. The summed E-state index contributed by atoms with van der Waals surface area (Å²) in [5, 5.41) is 29.0. The van der Waals surface area contributed by atoms with Crippen molar-refractivity contribution >= 4 is 42.6 Å². The molecule has 0 spiro atoms. The fourth-order valence-corrected chi connectivity index (χ4v) is 5.99. The topological polar surface area (TPSA) is 168 Å². The SMILES string of the molecule is C[C@@H](N1CCN(c2ccc(-n3cnnn3)cc2)C1=O)[C@](O)(CN1CN(COC(=O)OCCCC(=O)OCc2ccccc2)C=N1)c1ccc(F)cc1F.Cl. The van der Waals surface area contributed by atoms with Gasteiger partial charge in [0.25, 0.3) is 0 Å². The molecule has 3 heterocycles. The van der Waals surface area contributed by atoms with Crippen LogP contribution in [-0.2, 0) is 31.2 Å². The maximum atomic E-state index is 15.3. The van der Waals surface area contributed by atoms with Gasteiger partial charge in [-0.1, -0.05) is 36.4 Å². The second kappa shape index (κ2) is 17.8. The van der Waals surface area contributed by atoms with Crippen molar-refractivity contribution in [2.45, 2.75) is 38.0 Å². The number of halogens is 3. The summed E-state index contributed by atoms with van der Waals surface area (Å²) in [6, 6.07) is 17.7. The summed E-state index contributed by atoms with van der Waals surface area (Å²) in [5.74, 6) is -2.24. The van der Waals surface area contributed by atoms with Gasteiger partial charge in [-0.05, 0) is 59.7 Å². The van der Waals surface area contributed by atoms with Gasteiger partial charge in [0.15, 0.2) is 6.73 Å². The number of ether oxygens (including phenoxy) is 3. The highest BCUT2D eigenvalue weighted by atomic mass is 35.5. The van der Waals surface area contributed by atoms with Crippen molar-refractivity contribution in [1.82, 2.24) is 35.0 Å². The van der Waals surface area contributed by atoms with Crippen LogP contribution in [0.25, 0.3) is 5.69 Å². The monoisotopic (exact) mass is 769 g/mol. The zero-order valence-corrected chi connectivity index (χ0v) is 29.9. The number of rotatable bonds is 15. The molecule has 0 bridgehead atoms. The molecule has 6 rings (SSSR count). The van der Waals surface area contributed by atoms with Gasteiger partial charge in [-0.15, -0.1) is 17.5 Å². The third kappa shape index (κ3) is 9.37. The molecule has 16 nitrogen and oxygen atoms in total. The highest BCUT2D eigenvalue weighted by Gasteiger charge is 2.47. The zero-order valence-electron chi connectivity index (χ0n) is 29.1. The molecular weight excluding hydrogens is 732 g/mol. The molecular formula is C35H38ClF2N9O7. The van der Waals surface area contributed by atoms with E-state index in [0.29, 0.717) is 17.4 Å². The van der Waals surface area contributed by atoms with Crippen LogP contribution in [-0.4, -0.2) is 110 Å². The van der Waals surface area contributed by atoms with E-state index < -0.39 is 41.4 Å². The first-order valence-corrected chi connectivity index (χ1v) is 16.7. The highest BCUT2D eigenvalue weighted by molar-refractivity contribution is 5.94. The quantitative estimate of drug-likeness (QED) is 0.136. The van der Waals surface area contributed by atoms with E-state index in [1.165, 1.54) is 37.1 Å². The number of carbonyl (C=O) groups is 3. The van der Waals surface area contributed by atoms with Crippen LogP contribution in [0.15, 0.2) is 84.2 Å². The van der Waals surface area contributed by atoms with Crippen LogP contribution < -0.4 is 4.90 Å². The average Bonchev–Trinajstić information content (AvgIpc) is 3.94. The number of hydrazone groups is 1. The Bertz CT molecular complexity index is 1910. The minimum Gasteiger partial charge on any atom is -0.461 e. The Morgan fingerprint density at radius 2 is 1.74 bits per heavy atom. The van der Waals surface area contributed by atoms with Crippen LogP contribution in [0.2, 0.25) is 0 Å². The van der Waals surface area contributed by atoms with E-state index in [4.69, 9.17) is 14.2 Å². The number of carbonyl (C=O) groups excluding carboxylic acids is 3. The molecule has 1 saturated heterocycles. The summed E-state index contributed by atoms with van der Waals surface area (Å²) in [6.07, 6.45) is 2.14. The molecule has 19 heteroatoms. The van der Waals surface area contributed by atoms with E-state index in [2.05, 4.69) is 20.6 Å². The summed E-state index contributed by atoms with van der Waals surface area (Å²) in [6.45, 7) is 1.63. The fraction of sp³-hybridized carbons (Fsp3) is 0.343. The van der Waals surface area contributed by atoms with E-state index >= 15 is 4.39 Å². The minimum atomic E-state index is -2.07. The van der Waals surface area contributed by atoms with Crippen molar-refractivity contribution in [3.8, 4) is 5.69 Å². The van der Waals surface area contributed by atoms with Crippen molar-refractivity contribution in [2.24, 2.45) is 5.10 Å². The summed E-state index contributed by atoms with van der Waals surface area (Å²) in [4.78, 5) is 42.3. The van der Waals surface area contributed by atoms with Crippen LogP contribution in [0.5, 0.6) is 0 Å². The number of hydrogen-bond acceptors (Lipinski definition) is 13. The van der Waals surface area contributed by atoms with E-state index in [-0.39, 0.29) is 77.1 Å². The number of urea groups is 1. The molecule has 3 aromatic carbocycles.